The molecule has 2 aromatic heterocycles. The highest BCUT2D eigenvalue weighted by atomic mass is 32.1. The van der Waals surface area contributed by atoms with Crippen LogP contribution in [-0.2, 0) is 4.79 Å². The molecule has 0 bridgehead atoms. The number of carbonyl (C=O) groups is 2. The van der Waals surface area contributed by atoms with Crippen LogP contribution in [0.3, 0.4) is 0 Å². The van der Waals surface area contributed by atoms with Gasteiger partial charge in [0.15, 0.2) is 0 Å². The third kappa shape index (κ3) is 3.91. The molecule has 0 aliphatic carbocycles. The minimum absolute atomic E-state index is 0.273. The van der Waals surface area contributed by atoms with Gasteiger partial charge in [-0.05, 0) is 38.1 Å². The molecule has 4 aromatic rings. The molecule has 10 heteroatoms. The van der Waals surface area contributed by atoms with Gasteiger partial charge >= 0.3 is 0 Å². The number of hydrogen-bond donors (Lipinski definition) is 4. The molecule has 34 heavy (non-hydrogen) atoms. The lowest BCUT2D eigenvalue weighted by Crippen LogP contribution is -2.59. The predicted octanol–water partition coefficient (Wildman–Crippen LogP) is 2.98. The van der Waals surface area contributed by atoms with Gasteiger partial charge in [-0.25, -0.2) is 4.98 Å². The number of piperidine rings is 1. The number of rotatable bonds is 6. The van der Waals surface area contributed by atoms with E-state index in [4.69, 9.17) is 5.73 Å². The van der Waals surface area contributed by atoms with Crippen LogP contribution in [0.2, 0.25) is 0 Å². The first-order valence-corrected chi connectivity index (χ1v) is 11.9. The molecule has 1 aliphatic rings. The number of nitrogens with one attached hydrogen (secondary N) is 3. The van der Waals surface area contributed by atoms with E-state index in [1.807, 2.05) is 42.5 Å². The number of H-pyrrole nitrogens is 1. The molecule has 0 atom stereocenters. The maximum atomic E-state index is 13.1. The van der Waals surface area contributed by atoms with E-state index in [0.717, 1.165) is 27.2 Å². The second kappa shape index (κ2) is 8.88. The summed E-state index contributed by atoms with van der Waals surface area (Å²) in [6, 6.07) is 13.6. The molecule has 3 heterocycles. The maximum Gasteiger partial charge on any atom is 0.275 e. The summed E-state index contributed by atoms with van der Waals surface area (Å²) in [5, 5.41) is 16.7. The lowest BCUT2D eigenvalue weighted by atomic mass is 9.86. The highest BCUT2D eigenvalue weighted by Crippen LogP contribution is 2.33. The van der Waals surface area contributed by atoms with Gasteiger partial charge in [0.1, 0.15) is 16.2 Å². The third-order valence-corrected chi connectivity index (χ3v) is 7.38. The molecule has 5 N–H and O–H groups in total. The Morgan fingerprint density at radius 3 is 2.71 bits per heavy atom. The van der Waals surface area contributed by atoms with Crippen molar-refractivity contribution in [3.63, 3.8) is 0 Å². The number of para-hydroxylation sites is 3. The van der Waals surface area contributed by atoms with Crippen LogP contribution in [0.1, 0.15) is 23.3 Å². The van der Waals surface area contributed by atoms with Gasteiger partial charge in [-0.1, -0.05) is 24.3 Å². The van der Waals surface area contributed by atoms with E-state index in [1.165, 1.54) is 11.3 Å². The second-order valence-electron chi connectivity index (χ2n) is 8.33. The number of fused-ring (bicyclic) bond motifs is 1. The van der Waals surface area contributed by atoms with Gasteiger partial charge < -0.3 is 21.3 Å². The first-order chi connectivity index (χ1) is 16.5. The van der Waals surface area contributed by atoms with E-state index in [0.29, 0.717) is 37.3 Å². The average Bonchev–Trinajstić information content (AvgIpc) is 3.54. The molecule has 2 amide bonds. The van der Waals surface area contributed by atoms with Crippen LogP contribution in [0.5, 0.6) is 0 Å². The Morgan fingerprint density at radius 2 is 1.94 bits per heavy atom. The second-order valence-corrected chi connectivity index (χ2v) is 9.19. The fourth-order valence-corrected chi connectivity index (χ4v) is 5.27. The Morgan fingerprint density at radius 1 is 1.15 bits per heavy atom. The van der Waals surface area contributed by atoms with E-state index in [2.05, 4.69) is 30.7 Å². The number of nitrogens with two attached hydrogens (primary N) is 1. The SMILES string of the molecule is CNC1(C(N)=O)CCN(c2ccccc2NC(=O)c2csc(-c3cccc4cn[nH]c34)n2)CC1. The molecular weight excluding hydrogens is 450 g/mol. The summed E-state index contributed by atoms with van der Waals surface area (Å²) in [7, 11) is 1.77. The van der Waals surface area contributed by atoms with Crippen LogP contribution in [0, 0.1) is 0 Å². The molecular formula is C24H25N7O2S. The van der Waals surface area contributed by atoms with Gasteiger partial charge in [0.2, 0.25) is 5.91 Å². The molecule has 0 saturated carbocycles. The van der Waals surface area contributed by atoms with Crippen LogP contribution in [0.4, 0.5) is 11.4 Å². The minimum atomic E-state index is -0.691. The van der Waals surface area contributed by atoms with Crippen molar-refractivity contribution in [2.24, 2.45) is 5.73 Å². The monoisotopic (exact) mass is 475 g/mol. The van der Waals surface area contributed by atoms with Crippen molar-refractivity contribution < 1.29 is 9.59 Å². The van der Waals surface area contributed by atoms with Crippen LogP contribution >= 0.6 is 11.3 Å². The normalized spacial score (nSPS) is 15.4. The van der Waals surface area contributed by atoms with Gasteiger partial charge in [0.25, 0.3) is 5.91 Å². The average molecular weight is 476 g/mol. The van der Waals surface area contributed by atoms with E-state index < -0.39 is 5.54 Å². The molecule has 5 rings (SSSR count). The molecule has 0 spiro atoms. The number of carbonyl (C=O) groups excluding carboxylic acids is 2. The summed E-state index contributed by atoms with van der Waals surface area (Å²) < 4.78 is 0. The number of thiazole rings is 1. The molecule has 1 saturated heterocycles. The van der Waals surface area contributed by atoms with E-state index in [9.17, 15) is 9.59 Å². The molecule has 1 fully saturated rings. The molecule has 1 aliphatic heterocycles. The van der Waals surface area contributed by atoms with Crippen molar-refractivity contribution in [2.45, 2.75) is 18.4 Å². The zero-order chi connectivity index (χ0) is 23.7. The number of nitrogens with zero attached hydrogens (tertiary/aromatic N) is 3. The standard InChI is InChI=1S/C24H25N7O2S/c1-26-24(23(25)33)9-11-31(12-10-24)19-8-3-2-7-17(19)28-21(32)18-14-34-22(29-18)16-6-4-5-15-13-27-30-20(15)16/h2-8,13-14,26H,9-12H2,1H3,(H2,25,33)(H,27,30)(H,28,32). The minimum Gasteiger partial charge on any atom is -0.370 e. The summed E-state index contributed by atoms with van der Waals surface area (Å²) in [4.78, 5) is 31.8. The van der Waals surface area contributed by atoms with Crippen LogP contribution in [0.15, 0.2) is 54.0 Å². The Bertz CT molecular complexity index is 1350. The van der Waals surface area contributed by atoms with Crippen molar-refractivity contribution in [2.75, 3.05) is 30.4 Å². The molecule has 0 radical (unpaired) electrons. The number of hydrogen-bond acceptors (Lipinski definition) is 7. The summed E-state index contributed by atoms with van der Waals surface area (Å²) in [6.45, 7) is 1.29. The van der Waals surface area contributed by atoms with Crippen molar-refractivity contribution in [1.29, 1.82) is 0 Å². The third-order valence-electron chi connectivity index (χ3n) is 6.50. The van der Waals surface area contributed by atoms with Crippen molar-refractivity contribution >= 4 is 45.4 Å². The first kappa shape index (κ1) is 22.1. The van der Waals surface area contributed by atoms with Gasteiger partial charge in [-0.15, -0.1) is 11.3 Å². The smallest absolute Gasteiger partial charge is 0.275 e. The van der Waals surface area contributed by atoms with Crippen LogP contribution in [0.25, 0.3) is 21.5 Å². The number of aromatic amines is 1. The number of likely N-dealkylation sites (N-methyl/N-ethyl adjacent to an activating group) is 1. The van der Waals surface area contributed by atoms with Crippen molar-refractivity contribution in [3.8, 4) is 10.6 Å². The first-order valence-electron chi connectivity index (χ1n) is 11.0. The van der Waals surface area contributed by atoms with E-state index >= 15 is 0 Å². The van der Waals surface area contributed by atoms with Gasteiger partial charge in [-0.2, -0.15) is 5.10 Å². The Balaban J connectivity index is 1.34. The van der Waals surface area contributed by atoms with E-state index in [1.54, 1.807) is 18.6 Å². The summed E-state index contributed by atoms with van der Waals surface area (Å²) >= 11 is 1.42. The zero-order valence-corrected chi connectivity index (χ0v) is 19.5. The Labute approximate surface area is 200 Å². The zero-order valence-electron chi connectivity index (χ0n) is 18.7. The fourth-order valence-electron chi connectivity index (χ4n) is 4.44. The number of benzene rings is 2. The topological polar surface area (TPSA) is 129 Å². The molecule has 2 aromatic carbocycles. The highest BCUT2D eigenvalue weighted by molar-refractivity contribution is 7.13. The van der Waals surface area contributed by atoms with Gasteiger partial charge in [-0.3, -0.25) is 14.7 Å². The summed E-state index contributed by atoms with van der Waals surface area (Å²) in [5.41, 5.74) is 8.72. The van der Waals surface area contributed by atoms with Crippen molar-refractivity contribution in [3.05, 3.63) is 59.7 Å². The number of primary amides is 1. The molecule has 9 nitrogen and oxygen atoms in total. The maximum absolute atomic E-state index is 13.1. The summed E-state index contributed by atoms with van der Waals surface area (Å²) in [5.74, 6) is -0.605. The van der Waals surface area contributed by atoms with Crippen LogP contribution in [-0.4, -0.2) is 52.7 Å². The Hall–Kier alpha value is -3.76. The summed E-state index contributed by atoms with van der Waals surface area (Å²) in [6.07, 6.45) is 2.95. The molecule has 174 valence electrons. The lowest BCUT2D eigenvalue weighted by molar-refractivity contribution is -0.125. The number of aromatic nitrogens is 3. The molecule has 0 unspecified atom stereocenters. The highest BCUT2D eigenvalue weighted by Gasteiger charge is 2.38. The van der Waals surface area contributed by atoms with Crippen LogP contribution < -0.4 is 21.3 Å². The Kier molecular flexibility index (Phi) is 5.76. The lowest BCUT2D eigenvalue weighted by Gasteiger charge is -2.41. The van der Waals surface area contributed by atoms with Gasteiger partial charge in [0, 0.05) is 29.4 Å². The largest absolute Gasteiger partial charge is 0.370 e. The van der Waals surface area contributed by atoms with E-state index in [-0.39, 0.29) is 11.8 Å². The van der Waals surface area contributed by atoms with Crippen molar-refractivity contribution in [1.82, 2.24) is 20.5 Å². The van der Waals surface area contributed by atoms with Gasteiger partial charge in [0.05, 0.1) is 23.1 Å². The quantitative estimate of drug-likeness (QED) is 0.339. The number of amides is 2. The number of anilines is 2. The fraction of sp³-hybridized carbons (Fsp3) is 0.250. The predicted molar refractivity (Wildman–Crippen MR) is 134 cm³/mol.